The Kier molecular flexibility index (Phi) is 4.66. The fourth-order valence-electron chi connectivity index (χ4n) is 3.70. The van der Waals surface area contributed by atoms with Crippen LogP contribution in [-0.2, 0) is 20.7 Å². The van der Waals surface area contributed by atoms with Crippen LogP contribution in [-0.4, -0.2) is 60.5 Å². The molecule has 0 spiro atoms. The molecule has 2 atom stereocenters. The van der Waals surface area contributed by atoms with Crippen LogP contribution in [0.15, 0.2) is 24.3 Å². The molecule has 2 aliphatic rings. The molecule has 2 saturated heterocycles. The van der Waals surface area contributed by atoms with Crippen molar-refractivity contribution in [1.82, 2.24) is 9.80 Å². The summed E-state index contributed by atoms with van der Waals surface area (Å²) in [5.74, 6) is 0.271. The summed E-state index contributed by atoms with van der Waals surface area (Å²) in [5.41, 5.74) is 2.22. The number of methoxy groups -OCH3 is 1. The van der Waals surface area contributed by atoms with E-state index in [2.05, 4.69) is 0 Å². The second kappa shape index (κ2) is 6.71. The zero-order valence-corrected chi connectivity index (χ0v) is 13.8. The lowest BCUT2D eigenvalue weighted by Gasteiger charge is -2.25. The zero-order valence-electron chi connectivity index (χ0n) is 13.8. The van der Waals surface area contributed by atoms with Crippen molar-refractivity contribution in [2.24, 2.45) is 0 Å². The molecule has 3 rings (SSSR count). The van der Waals surface area contributed by atoms with Crippen molar-refractivity contribution in [2.75, 3.05) is 26.8 Å². The molecule has 0 unspecified atom stereocenters. The van der Waals surface area contributed by atoms with Crippen LogP contribution in [0.25, 0.3) is 0 Å². The smallest absolute Gasteiger partial charge is 0.227 e. The van der Waals surface area contributed by atoms with Gasteiger partial charge in [0.05, 0.1) is 25.1 Å². The molecule has 2 amide bonds. The molecule has 0 saturated carbocycles. The van der Waals surface area contributed by atoms with Gasteiger partial charge in [-0.3, -0.25) is 9.59 Å². The minimum absolute atomic E-state index is 0.0392. The number of amides is 2. The standard InChI is InChI=1S/C18H24N2O3/c1-13-3-5-14(6-4-13)11-17(21)19-8-7-15-16(19)12-18(22)20(15)9-10-23-2/h3-6,15-16H,7-12H2,1-2H3/t15-,16-/m1/s1. The molecule has 124 valence electrons. The second-order valence-corrected chi connectivity index (χ2v) is 6.46. The molecule has 5 heteroatoms. The third-order valence-electron chi connectivity index (χ3n) is 4.95. The number of aryl methyl sites for hydroxylation is 1. The van der Waals surface area contributed by atoms with Crippen molar-refractivity contribution in [3.05, 3.63) is 35.4 Å². The molecule has 2 fully saturated rings. The second-order valence-electron chi connectivity index (χ2n) is 6.46. The number of nitrogens with zero attached hydrogens (tertiary/aromatic N) is 2. The van der Waals surface area contributed by atoms with Crippen LogP contribution in [0, 0.1) is 6.92 Å². The van der Waals surface area contributed by atoms with Gasteiger partial charge in [-0.2, -0.15) is 0 Å². The summed E-state index contributed by atoms with van der Waals surface area (Å²) in [4.78, 5) is 28.6. The van der Waals surface area contributed by atoms with E-state index >= 15 is 0 Å². The first-order chi connectivity index (χ1) is 11.1. The maximum absolute atomic E-state index is 12.6. The molecule has 1 aromatic carbocycles. The normalized spacial score (nSPS) is 23.5. The van der Waals surface area contributed by atoms with Crippen molar-refractivity contribution >= 4 is 11.8 Å². The number of likely N-dealkylation sites (tertiary alicyclic amines) is 2. The Morgan fingerprint density at radius 2 is 2.00 bits per heavy atom. The van der Waals surface area contributed by atoms with Gasteiger partial charge in [-0.1, -0.05) is 29.8 Å². The maximum Gasteiger partial charge on any atom is 0.227 e. The molecule has 2 aliphatic heterocycles. The van der Waals surface area contributed by atoms with Gasteiger partial charge in [-0.25, -0.2) is 0 Å². The van der Waals surface area contributed by atoms with Crippen molar-refractivity contribution in [2.45, 2.75) is 38.3 Å². The van der Waals surface area contributed by atoms with Crippen LogP contribution in [0.1, 0.15) is 24.0 Å². The van der Waals surface area contributed by atoms with Gasteiger partial charge in [0, 0.05) is 26.6 Å². The SMILES string of the molecule is COCCN1C(=O)C[C@@H]2[C@H]1CCN2C(=O)Cc1ccc(C)cc1. The van der Waals surface area contributed by atoms with Crippen molar-refractivity contribution in [3.8, 4) is 0 Å². The van der Waals surface area contributed by atoms with Crippen LogP contribution in [0.4, 0.5) is 0 Å². The zero-order chi connectivity index (χ0) is 16.4. The minimum atomic E-state index is 0.0392. The topological polar surface area (TPSA) is 49.9 Å². The fourth-order valence-corrected chi connectivity index (χ4v) is 3.70. The first kappa shape index (κ1) is 16.0. The highest BCUT2D eigenvalue weighted by atomic mass is 16.5. The predicted octanol–water partition coefficient (Wildman–Crippen LogP) is 1.39. The quantitative estimate of drug-likeness (QED) is 0.825. The number of rotatable bonds is 5. The molecule has 0 radical (unpaired) electrons. The average molecular weight is 316 g/mol. The molecule has 0 aliphatic carbocycles. The van der Waals surface area contributed by atoms with Gasteiger partial charge >= 0.3 is 0 Å². The first-order valence-electron chi connectivity index (χ1n) is 8.23. The summed E-state index contributed by atoms with van der Waals surface area (Å²) in [6, 6.07) is 8.27. The van der Waals surface area contributed by atoms with E-state index in [1.807, 2.05) is 41.0 Å². The molecular weight excluding hydrogens is 292 g/mol. The highest BCUT2D eigenvalue weighted by molar-refractivity contribution is 5.84. The Morgan fingerprint density at radius 3 is 2.70 bits per heavy atom. The lowest BCUT2D eigenvalue weighted by Crippen LogP contribution is -2.41. The Bertz CT molecular complexity index is 584. The number of hydrogen-bond donors (Lipinski definition) is 0. The minimum Gasteiger partial charge on any atom is -0.383 e. The van der Waals surface area contributed by atoms with Crippen molar-refractivity contribution in [3.63, 3.8) is 0 Å². The molecule has 5 nitrogen and oxygen atoms in total. The molecule has 2 heterocycles. The van der Waals surface area contributed by atoms with Crippen LogP contribution in [0.2, 0.25) is 0 Å². The molecule has 23 heavy (non-hydrogen) atoms. The van der Waals surface area contributed by atoms with Crippen LogP contribution in [0.5, 0.6) is 0 Å². The Balaban J connectivity index is 1.64. The highest BCUT2D eigenvalue weighted by Crippen LogP contribution is 2.32. The summed E-state index contributed by atoms with van der Waals surface area (Å²) in [5, 5.41) is 0. The Hall–Kier alpha value is -1.88. The summed E-state index contributed by atoms with van der Waals surface area (Å²) in [7, 11) is 1.64. The van der Waals surface area contributed by atoms with Gasteiger partial charge in [0.2, 0.25) is 11.8 Å². The molecular formula is C18H24N2O3. The van der Waals surface area contributed by atoms with E-state index in [9.17, 15) is 9.59 Å². The number of fused-ring (bicyclic) bond motifs is 1. The lowest BCUT2D eigenvalue weighted by molar-refractivity contribution is -0.131. The Labute approximate surface area is 137 Å². The van der Waals surface area contributed by atoms with Crippen LogP contribution >= 0.6 is 0 Å². The number of carbonyl (C=O) groups excluding carboxylic acids is 2. The Morgan fingerprint density at radius 1 is 1.26 bits per heavy atom. The highest BCUT2D eigenvalue weighted by Gasteiger charge is 2.47. The van der Waals surface area contributed by atoms with E-state index < -0.39 is 0 Å². The molecule has 0 aromatic heterocycles. The van der Waals surface area contributed by atoms with Gasteiger partial charge in [0.25, 0.3) is 0 Å². The summed E-state index contributed by atoms with van der Waals surface area (Å²) in [6.07, 6.45) is 1.74. The average Bonchev–Trinajstić information content (AvgIpc) is 3.06. The van der Waals surface area contributed by atoms with Gasteiger partial charge in [-0.05, 0) is 18.9 Å². The number of hydrogen-bond acceptors (Lipinski definition) is 3. The van der Waals surface area contributed by atoms with E-state index in [-0.39, 0.29) is 23.9 Å². The summed E-state index contributed by atoms with van der Waals surface area (Å²) >= 11 is 0. The number of carbonyl (C=O) groups is 2. The third kappa shape index (κ3) is 3.24. The van der Waals surface area contributed by atoms with Crippen molar-refractivity contribution in [1.29, 1.82) is 0 Å². The monoisotopic (exact) mass is 316 g/mol. The van der Waals surface area contributed by atoms with E-state index in [0.29, 0.717) is 26.0 Å². The van der Waals surface area contributed by atoms with E-state index in [4.69, 9.17) is 4.74 Å². The largest absolute Gasteiger partial charge is 0.383 e. The van der Waals surface area contributed by atoms with Gasteiger partial charge in [-0.15, -0.1) is 0 Å². The molecule has 1 aromatic rings. The third-order valence-corrected chi connectivity index (χ3v) is 4.95. The number of benzene rings is 1. The summed E-state index contributed by atoms with van der Waals surface area (Å²) in [6.45, 7) is 3.95. The van der Waals surface area contributed by atoms with Gasteiger partial charge in [0.1, 0.15) is 0 Å². The lowest BCUT2D eigenvalue weighted by atomic mass is 10.1. The van der Waals surface area contributed by atoms with Crippen molar-refractivity contribution < 1.29 is 14.3 Å². The van der Waals surface area contributed by atoms with Gasteiger partial charge in [0.15, 0.2) is 0 Å². The van der Waals surface area contributed by atoms with E-state index in [1.165, 1.54) is 5.56 Å². The van der Waals surface area contributed by atoms with E-state index in [1.54, 1.807) is 7.11 Å². The van der Waals surface area contributed by atoms with Gasteiger partial charge < -0.3 is 14.5 Å². The molecule has 0 N–H and O–H groups in total. The molecule has 0 bridgehead atoms. The maximum atomic E-state index is 12.6. The van der Waals surface area contributed by atoms with Crippen LogP contribution in [0.3, 0.4) is 0 Å². The van der Waals surface area contributed by atoms with E-state index in [0.717, 1.165) is 18.5 Å². The first-order valence-corrected chi connectivity index (χ1v) is 8.23. The number of ether oxygens (including phenoxy) is 1. The van der Waals surface area contributed by atoms with Crippen LogP contribution < -0.4 is 0 Å². The fraction of sp³-hybridized carbons (Fsp3) is 0.556. The summed E-state index contributed by atoms with van der Waals surface area (Å²) < 4.78 is 5.09. The predicted molar refractivity (Wildman–Crippen MR) is 87.0 cm³/mol.